The number of carboxylic acid groups (broad SMARTS) is 1. The molecule has 0 saturated heterocycles. The maximum absolute atomic E-state index is 10.2. The first-order valence-corrected chi connectivity index (χ1v) is 8.20. The Morgan fingerprint density at radius 3 is 1.50 bits per heavy atom. The molecule has 0 atom stereocenters. The monoisotopic (exact) mass is 320 g/mol. The van der Waals surface area contributed by atoms with Crippen LogP contribution in [-0.4, -0.2) is 45.7 Å². The molecular weight excluding hydrogens is 284 g/mol. The molecule has 0 aliphatic heterocycles. The summed E-state index contributed by atoms with van der Waals surface area (Å²) in [7, 11) is 0. The van der Waals surface area contributed by atoms with Gasteiger partial charge in [-0.1, -0.05) is 58.3 Å². The molecular formula is C17H36O5. The lowest BCUT2D eigenvalue weighted by atomic mass is 10.1. The molecule has 0 heterocycles. The van der Waals surface area contributed by atoms with Gasteiger partial charge in [-0.05, 0) is 6.42 Å². The molecule has 0 amide bonds. The van der Waals surface area contributed by atoms with Crippen molar-refractivity contribution in [3.63, 3.8) is 0 Å². The Balaban J connectivity index is -0.000000378. The molecule has 0 saturated carbocycles. The van der Waals surface area contributed by atoms with E-state index in [4.69, 9.17) is 20.4 Å². The van der Waals surface area contributed by atoms with Crippen molar-refractivity contribution in [2.45, 2.75) is 77.2 Å². The molecule has 4 N–H and O–H groups in total. The van der Waals surface area contributed by atoms with Crippen molar-refractivity contribution < 1.29 is 25.2 Å². The first kappa shape index (κ1) is 26.0. The van der Waals surface area contributed by atoms with Crippen LogP contribution in [0.1, 0.15) is 71.1 Å². The number of carboxylic acids is 1. The Morgan fingerprint density at radius 2 is 1.23 bits per heavy atom. The number of aliphatic hydroxyl groups is 3. The maximum Gasteiger partial charge on any atom is 0.303 e. The summed E-state index contributed by atoms with van der Waals surface area (Å²) < 4.78 is 0. The number of carbonyl (C=O) groups is 1. The first-order chi connectivity index (χ1) is 10.6. The van der Waals surface area contributed by atoms with Gasteiger partial charge in [0.25, 0.3) is 0 Å². The van der Waals surface area contributed by atoms with Crippen LogP contribution in [0.25, 0.3) is 0 Å². The van der Waals surface area contributed by atoms with Gasteiger partial charge in [-0.3, -0.25) is 4.79 Å². The van der Waals surface area contributed by atoms with E-state index in [9.17, 15) is 4.79 Å². The second kappa shape index (κ2) is 25.1. The zero-order valence-electron chi connectivity index (χ0n) is 14.2. The van der Waals surface area contributed by atoms with E-state index in [0.717, 1.165) is 12.8 Å². The van der Waals surface area contributed by atoms with Gasteiger partial charge in [0.2, 0.25) is 0 Å². The Labute approximate surface area is 135 Å². The smallest absolute Gasteiger partial charge is 0.303 e. The van der Waals surface area contributed by atoms with Crippen LogP contribution in [0.4, 0.5) is 0 Å². The van der Waals surface area contributed by atoms with Crippen LogP contribution in [0.3, 0.4) is 0 Å². The molecule has 0 fully saturated rings. The van der Waals surface area contributed by atoms with E-state index in [-0.39, 0.29) is 13.2 Å². The molecule has 0 aromatic rings. The van der Waals surface area contributed by atoms with Gasteiger partial charge in [-0.15, -0.1) is 13.2 Å². The summed E-state index contributed by atoms with van der Waals surface area (Å²) in [5.74, 6) is -0.659. The minimum atomic E-state index is -0.954. The Hall–Kier alpha value is -0.910. The van der Waals surface area contributed by atoms with Crippen LogP contribution >= 0.6 is 0 Å². The number of hydrogen-bond donors (Lipinski definition) is 4. The van der Waals surface area contributed by atoms with Gasteiger partial charge < -0.3 is 20.4 Å². The molecule has 0 rings (SSSR count). The van der Waals surface area contributed by atoms with Crippen LogP contribution in [-0.2, 0) is 4.79 Å². The van der Waals surface area contributed by atoms with Crippen LogP contribution in [0.5, 0.6) is 0 Å². The third kappa shape index (κ3) is 31.5. The molecule has 0 spiro atoms. The molecule has 134 valence electrons. The summed E-state index contributed by atoms with van der Waals surface area (Å²) in [4.78, 5) is 10.2. The summed E-state index contributed by atoms with van der Waals surface area (Å²) in [6.45, 7) is 7.50. The molecule has 5 nitrogen and oxygen atoms in total. The summed E-state index contributed by atoms with van der Waals surface area (Å²) in [6.07, 6.45) is 10.5. The highest BCUT2D eigenvalue weighted by Crippen LogP contribution is 2.10. The van der Waals surface area contributed by atoms with Crippen LogP contribution < -0.4 is 0 Å². The van der Waals surface area contributed by atoms with Crippen molar-refractivity contribution >= 4 is 5.97 Å². The Bertz CT molecular complexity index is 205. The fraction of sp³-hybridized carbons (Fsp3) is 0.824. The number of hydrogen-bond acceptors (Lipinski definition) is 4. The maximum atomic E-state index is 10.2. The van der Waals surface area contributed by atoms with Gasteiger partial charge in [0.15, 0.2) is 0 Å². The predicted octanol–water partition coefficient (Wildman–Crippen LogP) is 3.13. The van der Waals surface area contributed by atoms with Gasteiger partial charge in [0.1, 0.15) is 6.10 Å². The van der Waals surface area contributed by atoms with Gasteiger partial charge in [-0.2, -0.15) is 0 Å². The van der Waals surface area contributed by atoms with E-state index < -0.39 is 12.1 Å². The highest BCUT2D eigenvalue weighted by atomic mass is 16.4. The lowest BCUT2D eigenvalue weighted by Gasteiger charge is -2.00. The first-order valence-electron chi connectivity index (χ1n) is 8.20. The van der Waals surface area contributed by atoms with Crippen molar-refractivity contribution in [2.24, 2.45) is 0 Å². The van der Waals surface area contributed by atoms with Crippen molar-refractivity contribution in [3.05, 3.63) is 13.2 Å². The normalized spacial score (nSPS) is 9.50. The zero-order valence-corrected chi connectivity index (χ0v) is 14.2. The van der Waals surface area contributed by atoms with E-state index in [2.05, 4.69) is 20.1 Å². The van der Waals surface area contributed by atoms with Crippen LogP contribution in [0.2, 0.25) is 0 Å². The average molecular weight is 320 g/mol. The predicted molar refractivity (Wildman–Crippen MR) is 90.9 cm³/mol. The van der Waals surface area contributed by atoms with Gasteiger partial charge in [0, 0.05) is 6.42 Å². The second-order valence-electron chi connectivity index (χ2n) is 4.99. The van der Waals surface area contributed by atoms with E-state index in [1.165, 1.54) is 44.9 Å². The van der Waals surface area contributed by atoms with Crippen LogP contribution in [0.15, 0.2) is 13.2 Å². The average Bonchev–Trinajstić information content (AvgIpc) is 2.54. The van der Waals surface area contributed by atoms with Crippen molar-refractivity contribution in [3.8, 4) is 0 Å². The minimum absolute atomic E-state index is 0.343. The molecule has 22 heavy (non-hydrogen) atoms. The molecule has 0 bridgehead atoms. The molecule has 0 unspecified atom stereocenters. The molecule has 5 heteroatoms. The molecule has 0 aromatic heterocycles. The largest absolute Gasteiger partial charge is 0.481 e. The van der Waals surface area contributed by atoms with Crippen molar-refractivity contribution in [1.29, 1.82) is 0 Å². The Kier molecular flexibility index (Phi) is 29.6. The zero-order chi connectivity index (χ0) is 17.6. The fourth-order valence-corrected chi connectivity index (χ4v) is 1.64. The quantitative estimate of drug-likeness (QED) is 0.327. The highest BCUT2D eigenvalue weighted by molar-refractivity contribution is 5.66. The van der Waals surface area contributed by atoms with Crippen molar-refractivity contribution in [1.82, 2.24) is 0 Å². The number of unbranched alkanes of at least 4 members (excludes halogenated alkanes) is 8. The number of aliphatic carboxylic acids is 1. The van der Waals surface area contributed by atoms with Gasteiger partial charge in [0.05, 0.1) is 13.2 Å². The third-order valence-corrected chi connectivity index (χ3v) is 2.92. The molecule has 0 aromatic carbocycles. The van der Waals surface area contributed by atoms with E-state index in [0.29, 0.717) is 6.42 Å². The minimum Gasteiger partial charge on any atom is -0.481 e. The molecule has 0 radical (unpaired) electrons. The number of rotatable bonds is 12. The summed E-state index contributed by atoms with van der Waals surface area (Å²) in [5.41, 5.74) is 0. The topological polar surface area (TPSA) is 98.0 Å². The summed E-state index contributed by atoms with van der Waals surface area (Å²) in [6, 6.07) is 0. The Morgan fingerprint density at radius 1 is 0.864 bits per heavy atom. The molecule has 0 aliphatic carbocycles. The van der Waals surface area contributed by atoms with E-state index >= 15 is 0 Å². The number of aliphatic hydroxyl groups excluding tert-OH is 3. The second-order valence-corrected chi connectivity index (χ2v) is 4.99. The standard InChI is InChI=1S/C12H24O2.C3H8O3.C2H4/c1-2-3-4-5-6-7-8-9-10-11-12(13)14;4-1-3(6)2-5;1-2/h2-11H2,1H3,(H,13,14);3-6H,1-2H2;1-2H2. The summed E-state index contributed by atoms with van der Waals surface area (Å²) in [5, 5.41) is 32.4. The fourth-order valence-electron chi connectivity index (χ4n) is 1.64. The van der Waals surface area contributed by atoms with Crippen molar-refractivity contribution in [2.75, 3.05) is 13.2 Å². The lowest BCUT2D eigenvalue weighted by Crippen LogP contribution is -2.15. The van der Waals surface area contributed by atoms with Crippen LogP contribution in [0, 0.1) is 0 Å². The van der Waals surface area contributed by atoms with Gasteiger partial charge >= 0.3 is 5.97 Å². The summed E-state index contributed by atoms with van der Waals surface area (Å²) >= 11 is 0. The van der Waals surface area contributed by atoms with E-state index in [1.807, 2.05) is 0 Å². The van der Waals surface area contributed by atoms with E-state index in [1.54, 1.807) is 0 Å². The van der Waals surface area contributed by atoms with Gasteiger partial charge in [-0.25, -0.2) is 0 Å². The lowest BCUT2D eigenvalue weighted by molar-refractivity contribution is -0.137. The SMILES string of the molecule is C=C.CCCCCCCCCCCC(=O)O.OCC(O)CO. The molecule has 0 aliphatic rings. The highest BCUT2D eigenvalue weighted by Gasteiger charge is 1.96. The third-order valence-electron chi connectivity index (χ3n) is 2.92.